The molecule has 1 N–H and O–H groups in total. The summed E-state index contributed by atoms with van der Waals surface area (Å²) in [7, 11) is 3.76. The van der Waals surface area contributed by atoms with Gasteiger partial charge in [0, 0.05) is 13.2 Å². The van der Waals surface area contributed by atoms with Crippen molar-refractivity contribution in [3.8, 4) is 5.75 Å². The van der Waals surface area contributed by atoms with Crippen LogP contribution in [0.2, 0.25) is 0 Å². The second-order valence-electron chi connectivity index (χ2n) is 6.35. The first-order chi connectivity index (χ1) is 12.5. The molecule has 0 bridgehead atoms. The third kappa shape index (κ3) is 4.38. The Balaban J connectivity index is 1.50. The average molecular weight is 369 g/mol. The molecule has 0 spiro atoms. The molecule has 1 aromatic heterocycles. The molecule has 2 amide bonds. The monoisotopic (exact) mass is 369 g/mol. The SMILES string of the molecule is B[C@]1(Cc2ccc(OCCN(C)c3ccccn3)cc2)SC(=O)NC1=O. The van der Waals surface area contributed by atoms with E-state index in [1.54, 1.807) is 14.0 Å². The zero-order chi connectivity index (χ0) is 18.6. The van der Waals surface area contributed by atoms with Crippen LogP contribution in [0.4, 0.5) is 10.6 Å². The Morgan fingerprint density at radius 2 is 2.00 bits per heavy atom. The Bertz CT molecular complexity index is 788. The Kier molecular flexibility index (Phi) is 5.51. The van der Waals surface area contributed by atoms with Gasteiger partial charge in [0.25, 0.3) is 5.24 Å². The molecule has 2 aromatic rings. The lowest BCUT2D eigenvalue weighted by atomic mass is 9.80. The van der Waals surface area contributed by atoms with Crippen LogP contribution in [0.5, 0.6) is 5.75 Å². The van der Waals surface area contributed by atoms with Gasteiger partial charge in [-0.05, 0) is 36.2 Å². The Hall–Kier alpha value is -2.48. The maximum atomic E-state index is 11.9. The number of hydrogen-bond acceptors (Lipinski definition) is 6. The number of nitrogens with zero attached hydrogens (tertiary/aromatic N) is 2. The molecule has 0 unspecified atom stereocenters. The third-order valence-electron chi connectivity index (χ3n) is 4.21. The van der Waals surface area contributed by atoms with E-state index in [-0.39, 0.29) is 11.1 Å². The predicted octanol–water partition coefficient (Wildman–Crippen LogP) is 1.45. The van der Waals surface area contributed by atoms with Crippen LogP contribution < -0.4 is 15.0 Å². The molecule has 134 valence electrons. The lowest BCUT2D eigenvalue weighted by Gasteiger charge is -2.19. The van der Waals surface area contributed by atoms with Crippen LogP contribution in [-0.4, -0.2) is 48.8 Å². The van der Waals surface area contributed by atoms with Gasteiger partial charge < -0.3 is 9.64 Å². The molecule has 1 saturated heterocycles. The van der Waals surface area contributed by atoms with Crippen molar-refractivity contribution in [2.45, 2.75) is 11.1 Å². The number of carbonyl (C=O) groups is 2. The quantitative estimate of drug-likeness (QED) is 0.745. The van der Waals surface area contributed by atoms with Crippen LogP contribution in [0.25, 0.3) is 0 Å². The largest absolute Gasteiger partial charge is 0.492 e. The summed E-state index contributed by atoms with van der Waals surface area (Å²) in [5.41, 5.74) is 0.989. The smallest absolute Gasteiger partial charge is 0.285 e. The zero-order valence-corrected chi connectivity index (χ0v) is 15.6. The fourth-order valence-corrected chi connectivity index (χ4v) is 3.64. The van der Waals surface area contributed by atoms with Gasteiger partial charge in [-0.2, -0.15) is 0 Å². The first kappa shape index (κ1) is 18.3. The second kappa shape index (κ2) is 7.82. The van der Waals surface area contributed by atoms with Crippen LogP contribution in [0, 0.1) is 0 Å². The maximum absolute atomic E-state index is 11.9. The normalized spacial score (nSPS) is 19.3. The number of benzene rings is 1. The van der Waals surface area contributed by atoms with Gasteiger partial charge in [0.2, 0.25) is 5.91 Å². The minimum Gasteiger partial charge on any atom is -0.492 e. The Morgan fingerprint density at radius 3 is 2.62 bits per heavy atom. The summed E-state index contributed by atoms with van der Waals surface area (Å²) in [4.78, 5) is 29.6. The number of amides is 2. The van der Waals surface area contributed by atoms with Gasteiger partial charge in [0.05, 0.1) is 11.2 Å². The summed E-state index contributed by atoms with van der Waals surface area (Å²) in [6, 6.07) is 13.4. The summed E-state index contributed by atoms with van der Waals surface area (Å²) in [5.74, 6) is 1.44. The van der Waals surface area contributed by atoms with E-state index in [4.69, 9.17) is 4.74 Å². The van der Waals surface area contributed by atoms with Gasteiger partial charge in [0.1, 0.15) is 26.0 Å². The molecule has 0 radical (unpaired) electrons. The Morgan fingerprint density at radius 1 is 1.23 bits per heavy atom. The van der Waals surface area contributed by atoms with E-state index in [2.05, 4.69) is 10.3 Å². The van der Waals surface area contributed by atoms with Crippen molar-refractivity contribution in [3.63, 3.8) is 0 Å². The molecule has 8 heteroatoms. The number of thioether (sulfide) groups is 1. The lowest BCUT2D eigenvalue weighted by molar-refractivity contribution is -0.119. The molecular formula is C18H20BN3O3S. The Labute approximate surface area is 157 Å². The van der Waals surface area contributed by atoms with Gasteiger partial charge >= 0.3 is 0 Å². The minimum atomic E-state index is -0.745. The fraction of sp³-hybridized carbons (Fsp3) is 0.278. The number of rotatable bonds is 7. The summed E-state index contributed by atoms with van der Waals surface area (Å²) in [6.45, 7) is 1.26. The number of hydrogen-bond donors (Lipinski definition) is 1. The number of carbonyl (C=O) groups excluding carboxylic acids is 2. The second-order valence-corrected chi connectivity index (χ2v) is 7.83. The van der Waals surface area contributed by atoms with Gasteiger partial charge in [-0.1, -0.05) is 30.0 Å². The number of nitrogens with one attached hydrogen (secondary N) is 1. The molecule has 1 atom stereocenters. The summed E-state index contributed by atoms with van der Waals surface area (Å²) in [5, 5.41) is 2.06. The number of anilines is 1. The summed E-state index contributed by atoms with van der Waals surface area (Å²) in [6.07, 6.45) is 2.26. The molecule has 2 heterocycles. The molecule has 1 aliphatic rings. The van der Waals surface area contributed by atoms with Crippen LogP contribution in [0.15, 0.2) is 48.7 Å². The van der Waals surface area contributed by atoms with Crippen LogP contribution in [0.3, 0.4) is 0 Å². The van der Waals surface area contributed by atoms with Crippen molar-refractivity contribution in [1.29, 1.82) is 0 Å². The number of likely N-dealkylation sites (N-methyl/N-ethyl adjacent to an activating group) is 1. The van der Waals surface area contributed by atoms with Crippen LogP contribution in [-0.2, 0) is 11.2 Å². The maximum Gasteiger partial charge on any atom is 0.285 e. The standard InChI is InChI=1S/C18H20BN3O3S/c1-22(15-4-2-3-9-20-15)10-11-25-14-7-5-13(6-8-14)12-18(19)16(23)21-17(24)26-18/h2-9H,10-12,19H2,1H3,(H,21,23,24)/t18-/m1/s1. The highest BCUT2D eigenvalue weighted by Gasteiger charge is 2.43. The first-order valence-electron chi connectivity index (χ1n) is 8.35. The fourth-order valence-electron chi connectivity index (χ4n) is 2.71. The van der Waals surface area contributed by atoms with Crippen LogP contribution >= 0.6 is 11.8 Å². The zero-order valence-electron chi connectivity index (χ0n) is 14.8. The number of imide groups is 1. The van der Waals surface area contributed by atoms with Gasteiger partial charge in [-0.3, -0.25) is 14.9 Å². The van der Waals surface area contributed by atoms with Crippen molar-refractivity contribution < 1.29 is 14.3 Å². The molecular weight excluding hydrogens is 349 g/mol. The number of ether oxygens (including phenoxy) is 1. The summed E-state index contributed by atoms with van der Waals surface area (Å²) >= 11 is 1.05. The minimum absolute atomic E-state index is 0.231. The molecule has 0 saturated carbocycles. The third-order valence-corrected chi connectivity index (χ3v) is 5.28. The molecule has 6 nitrogen and oxygen atoms in total. The summed E-state index contributed by atoms with van der Waals surface area (Å²) < 4.78 is 5.03. The van der Waals surface area contributed by atoms with E-state index in [0.717, 1.165) is 35.4 Å². The van der Waals surface area contributed by atoms with E-state index in [9.17, 15) is 9.59 Å². The first-order valence-corrected chi connectivity index (χ1v) is 9.16. The van der Waals surface area contributed by atoms with Crippen molar-refractivity contribution in [2.24, 2.45) is 0 Å². The lowest BCUT2D eigenvalue weighted by Crippen LogP contribution is -2.38. The van der Waals surface area contributed by atoms with Gasteiger partial charge in [0.15, 0.2) is 0 Å². The van der Waals surface area contributed by atoms with E-state index >= 15 is 0 Å². The number of pyridine rings is 1. The topological polar surface area (TPSA) is 71.5 Å². The highest BCUT2D eigenvalue weighted by atomic mass is 32.2. The van der Waals surface area contributed by atoms with E-state index in [1.807, 2.05) is 54.4 Å². The van der Waals surface area contributed by atoms with E-state index < -0.39 is 4.65 Å². The molecule has 3 rings (SSSR count). The van der Waals surface area contributed by atoms with Crippen molar-refractivity contribution in [2.75, 3.05) is 25.1 Å². The molecule has 1 aromatic carbocycles. The highest BCUT2D eigenvalue weighted by Crippen LogP contribution is 2.32. The highest BCUT2D eigenvalue weighted by molar-refractivity contribution is 8.17. The van der Waals surface area contributed by atoms with Crippen molar-refractivity contribution in [1.82, 2.24) is 10.3 Å². The van der Waals surface area contributed by atoms with E-state index in [0.29, 0.717) is 13.0 Å². The van der Waals surface area contributed by atoms with Crippen LogP contribution in [0.1, 0.15) is 5.56 Å². The number of aromatic nitrogens is 1. The molecule has 1 aliphatic heterocycles. The predicted molar refractivity (Wildman–Crippen MR) is 106 cm³/mol. The molecule has 0 aliphatic carbocycles. The van der Waals surface area contributed by atoms with Crippen molar-refractivity contribution >= 4 is 36.6 Å². The van der Waals surface area contributed by atoms with Crippen molar-refractivity contribution in [3.05, 3.63) is 54.2 Å². The van der Waals surface area contributed by atoms with Gasteiger partial charge in [-0.25, -0.2) is 4.98 Å². The molecule has 26 heavy (non-hydrogen) atoms. The van der Waals surface area contributed by atoms with Gasteiger partial charge in [-0.15, -0.1) is 0 Å². The molecule has 1 fully saturated rings. The average Bonchev–Trinajstić information content (AvgIpc) is 2.88. The van der Waals surface area contributed by atoms with E-state index in [1.165, 1.54) is 0 Å².